The predicted molar refractivity (Wildman–Crippen MR) is 98.8 cm³/mol. The first kappa shape index (κ1) is 16.2. The van der Waals surface area contributed by atoms with Crippen LogP contribution in [0.25, 0.3) is 0 Å². The van der Waals surface area contributed by atoms with Crippen molar-refractivity contribution in [1.82, 2.24) is 0 Å². The smallest absolute Gasteiger partial charge is 0.261 e. The molecule has 0 saturated carbocycles. The summed E-state index contributed by atoms with van der Waals surface area (Å²) in [7, 11) is 0. The molecule has 1 aromatic rings. The van der Waals surface area contributed by atoms with Gasteiger partial charge in [-0.2, -0.15) is 0 Å². The molecule has 3 aliphatic rings. The third-order valence-corrected chi connectivity index (χ3v) is 5.17. The SMILES string of the molecule is O=C1C2=C(CCCC2)C(=O)N1c1ccc2c(c1)N(CC#CBr)CCO2. The number of benzene rings is 1. The standard InChI is InChI=1S/C19H17BrN2O3/c20-8-3-9-21-10-11-25-17-7-6-13(12-16(17)21)22-18(23)14-4-1-2-5-15(14)19(22)24/h6-7,12H,1-2,4-5,9-11H2. The number of halogens is 1. The van der Waals surface area contributed by atoms with E-state index in [2.05, 4.69) is 31.6 Å². The highest BCUT2D eigenvalue weighted by Crippen LogP contribution is 2.39. The fourth-order valence-electron chi connectivity index (χ4n) is 3.66. The second-order valence-corrected chi connectivity index (χ2v) is 6.70. The van der Waals surface area contributed by atoms with E-state index in [1.807, 2.05) is 12.1 Å². The van der Waals surface area contributed by atoms with Crippen LogP contribution in [0, 0.1) is 10.8 Å². The molecule has 4 rings (SSSR count). The number of hydrogen-bond acceptors (Lipinski definition) is 4. The van der Waals surface area contributed by atoms with Gasteiger partial charge in [-0.25, -0.2) is 4.90 Å². The molecule has 1 aliphatic carbocycles. The predicted octanol–water partition coefficient (Wildman–Crippen LogP) is 2.99. The molecule has 0 aromatic heterocycles. The van der Waals surface area contributed by atoms with Gasteiger partial charge in [0.15, 0.2) is 0 Å². The lowest BCUT2D eigenvalue weighted by atomic mass is 9.93. The van der Waals surface area contributed by atoms with Crippen LogP contribution >= 0.6 is 15.9 Å². The van der Waals surface area contributed by atoms with Crippen molar-refractivity contribution < 1.29 is 14.3 Å². The first-order valence-corrected chi connectivity index (χ1v) is 9.21. The van der Waals surface area contributed by atoms with Gasteiger partial charge in [-0.1, -0.05) is 5.92 Å². The zero-order valence-corrected chi connectivity index (χ0v) is 15.3. The molecule has 0 N–H and O–H groups in total. The van der Waals surface area contributed by atoms with Crippen LogP contribution in [-0.4, -0.2) is 31.5 Å². The third kappa shape index (κ3) is 2.73. The van der Waals surface area contributed by atoms with E-state index in [0.29, 0.717) is 42.8 Å². The molecule has 5 nitrogen and oxygen atoms in total. The maximum atomic E-state index is 12.7. The highest BCUT2D eigenvalue weighted by Gasteiger charge is 2.40. The largest absolute Gasteiger partial charge is 0.490 e. The van der Waals surface area contributed by atoms with Gasteiger partial charge in [-0.15, -0.1) is 0 Å². The number of hydrogen-bond donors (Lipinski definition) is 0. The summed E-state index contributed by atoms with van der Waals surface area (Å²) >= 11 is 3.11. The topological polar surface area (TPSA) is 49.9 Å². The van der Waals surface area contributed by atoms with Gasteiger partial charge in [-0.3, -0.25) is 9.59 Å². The molecule has 6 heteroatoms. The van der Waals surface area contributed by atoms with Crippen molar-refractivity contribution in [3.05, 3.63) is 29.3 Å². The fourth-order valence-corrected chi connectivity index (χ4v) is 3.79. The summed E-state index contributed by atoms with van der Waals surface area (Å²) in [6.07, 6.45) is 3.36. The number of nitrogens with zero attached hydrogens (tertiary/aromatic N) is 2. The molecule has 0 fully saturated rings. The van der Waals surface area contributed by atoms with Gasteiger partial charge in [0, 0.05) is 27.1 Å². The van der Waals surface area contributed by atoms with Gasteiger partial charge in [0.25, 0.3) is 11.8 Å². The summed E-state index contributed by atoms with van der Waals surface area (Å²) < 4.78 is 5.70. The van der Waals surface area contributed by atoms with E-state index in [9.17, 15) is 9.59 Å². The van der Waals surface area contributed by atoms with E-state index >= 15 is 0 Å². The van der Waals surface area contributed by atoms with E-state index in [0.717, 1.165) is 30.8 Å². The van der Waals surface area contributed by atoms with Gasteiger partial charge in [-0.05, 0) is 48.7 Å². The normalized spacial score (nSPS) is 19.2. The van der Waals surface area contributed by atoms with Crippen LogP contribution in [0.4, 0.5) is 11.4 Å². The molecular formula is C19H17BrN2O3. The molecule has 2 heterocycles. The minimum absolute atomic E-state index is 0.164. The second-order valence-electron chi connectivity index (χ2n) is 6.30. The average Bonchev–Trinajstić information content (AvgIpc) is 2.91. The Balaban J connectivity index is 1.69. The molecule has 0 bridgehead atoms. The van der Waals surface area contributed by atoms with Gasteiger partial charge >= 0.3 is 0 Å². The molecule has 128 valence electrons. The molecule has 2 amide bonds. The minimum atomic E-state index is -0.164. The Morgan fingerprint density at radius 2 is 1.84 bits per heavy atom. The number of carbonyl (C=O) groups is 2. The molecule has 25 heavy (non-hydrogen) atoms. The third-order valence-electron chi connectivity index (χ3n) is 4.89. The van der Waals surface area contributed by atoms with E-state index in [1.54, 1.807) is 6.07 Å². The summed E-state index contributed by atoms with van der Waals surface area (Å²) in [6.45, 7) is 1.87. The first-order chi connectivity index (χ1) is 12.2. The van der Waals surface area contributed by atoms with Gasteiger partial charge in [0.1, 0.15) is 12.4 Å². The Labute approximate surface area is 154 Å². The lowest BCUT2D eigenvalue weighted by Gasteiger charge is -2.30. The van der Waals surface area contributed by atoms with Crippen molar-refractivity contribution in [3.8, 4) is 16.5 Å². The number of imide groups is 1. The Morgan fingerprint density at radius 3 is 2.52 bits per heavy atom. The van der Waals surface area contributed by atoms with Crippen molar-refractivity contribution in [2.24, 2.45) is 0 Å². The van der Waals surface area contributed by atoms with E-state index in [4.69, 9.17) is 4.74 Å². The summed E-state index contributed by atoms with van der Waals surface area (Å²) in [5.74, 6) is 3.41. The van der Waals surface area contributed by atoms with Crippen molar-refractivity contribution in [3.63, 3.8) is 0 Å². The van der Waals surface area contributed by atoms with Crippen molar-refractivity contribution >= 4 is 39.1 Å². The van der Waals surface area contributed by atoms with Crippen molar-refractivity contribution in [1.29, 1.82) is 0 Å². The second kappa shape index (κ2) is 6.57. The maximum Gasteiger partial charge on any atom is 0.261 e. The van der Waals surface area contributed by atoms with Crippen LogP contribution in [0.15, 0.2) is 29.3 Å². The number of carbonyl (C=O) groups excluding carboxylic acids is 2. The molecule has 0 radical (unpaired) electrons. The number of ether oxygens (including phenoxy) is 1. The lowest BCUT2D eigenvalue weighted by molar-refractivity contribution is -0.120. The van der Waals surface area contributed by atoms with E-state index < -0.39 is 0 Å². The van der Waals surface area contributed by atoms with Crippen LogP contribution in [0.5, 0.6) is 5.75 Å². The quantitative estimate of drug-likeness (QED) is 0.565. The lowest BCUT2D eigenvalue weighted by Crippen LogP contribution is -2.34. The number of rotatable bonds is 2. The fraction of sp³-hybridized carbons (Fsp3) is 0.368. The monoisotopic (exact) mass is 400 g/mol. The molecular weight excluding hydrogens is 384 g/mol. The number of anilines is 2. The molecule has 1 aromatic carbocycles. The Morgan fingerprint density at radius 1 is 1.12 bits per heavy atom. The van der Waals surface area contributed by atoms with E-state index in [-0.39, 0.29) is 11.8 Å². The summed E-state index contributed by atoms with van der Waals surface area (Å²) in [4.78, 5) is 31.6. The van der Waals surface area contributed by atoms with Crippen LogP contribution in [0.1, 0.15) is 25.7 Å². The average molecular weight is 401 g/mol. The Bertz CT molecular complexity index is 822. The van der Waals surface area contributed by atoms with E-state index in [1.165, 1.54) is 4.90 Å². The number of amides is 2. The summed E-state index contributed by atoms with van der Waals surface area (Å²) in [5.41, 5.74) is 2.87. The molecule has 0 atom stereocenters. The maximum absolute atomic E-state index is 12.7. The van der Waals surface area contributed by atoms with Gasteiger partial charge in [0.05, 0.1) is 24.5 Å². The first-order valence-electron chi connectivity index (χ1n) is 8.42. The number of fused-ring (bicyclic) bond motifs is 1. The molecule has 0 spiro atoms. The zero-order chi connectivity index (χ0) is 17.4. The van der Waals surface area contributed by atoms with Gasteiger partial charge < -0.3 is 9.64 Å². The molecule has 0 saturated heterocycles. The highest BCUT2D eigenvalue weighted by molar-refractivity contribution is 9.12. The van der Waals surface area contributed by atoms with Crippen molar-refractivity contribution in [2.45, 2.75) is 25.7 Å². The van der Waals surface area contributed by atoms with Crippen LogP contribution in [0.2, 0.25) is 0 Å². The zero-order valence-electron chi connectivity index (χ0n) is 13.7. The van der Waals surface area contributed by atoms with Crippen LogP contribution < -0.4 is 14.5 Å². The Kier molecular flexibility index (Phi) is 4.26. The van der Waals surface area contributed by atoms with Gasteiger partial charge in [0.2, 0.25) is 0 Å². The van der Waals surface area contributed by atoms with Crippen molar-refractivity contribution in [2.75, 3.05) is 29.5 Å². The van der Waals surface area contributed by atoms with Crippen LogP contribution in [-0.2, 0) is 9.59 Å². The molecule has 0 unspecified atom stereocenters. The summed E-state index contributed by atoms with van der Waals surface area (Å²) in [6, 6.07) is 5.47. The molecule has 2 aliphatic heterocycles. The van der Waals surface area contributed by atoms with Crippen LogP contribution in [0.3, 0.4) is 0 Å². The summed E-state index contributed by atoms with van der Waals surface area (Å²) in [5, 5.41) is 0. The Hall–Kier alpha value is -2.26. The minimum Gasteiger partial charge on any atom is -0.490 e. The highest BCUT2D eigenvalue weighted by atomic mass is 79.9.